The third kappa shape index (κ3) is 4.64. The standard InChI is InChI=1S/C21H19N3OS2/c1-25-17-7-8-19-20(12-17)24-21(23-19)27-14-16-11-18(9-10-22-16)26-13-15-5-3-2-4-6-15/h2-12H,13-14H2,1H3,(H,23,24). The molecule has 0 fully saturated rings. The van der Waals surface area contributed by atoms with Crippen LogP contribution in [0.4, 0.5) is 0 Å². The quantitative estimate of drug-likeness (QED) is 0.417. The van der Waals surface area contributed by atoms with Gasteiger partial charge in [-0.25, -0.2) is 4.98 Å². The number of methoxy groups -OCH3 is 1. The van der Waals surface area contributed by atoms with Gasteiger partial charge in [0, 0.05) is 28.7 Å². The minimum Gasteiger partial charge on any atom is -0.497 e. The topological polar surface area (TPSA) is 50.8 Å². The van der Waals surface area contributed by atoms with Crippen molar-refractivity contribution < 1.29 is 4.74 Å². The lowest BCUT2D eigenvalue weighted by molar-refractivity contribution is 0.415. The van der Waals surface area contributed by atoms with E-state index in [0.717, 1.165) is 39.1 Å². The van der Waals surface area contributed by atoms with Gasteiger partial charge in [0.15, 0.2) is 5.16 Å². The van der Waals surface area contributed by atoms with Crippen LogP contribution in [-0.2, 0) is 11.5 Å². The van der Waals surface area contributed by atoms with Crippen molar-refractivity contribution >= 4 is 34.6 Å². The Morgan fingerprint density at radius 1 is 0.963 bits per heavy atom. The number of hydrogen-bond acceptors (Lipinski definition) is 5. The lowest BCUT2D eigenvalue weighted by atomic mass is 10.2. The van der Waals surface area contributed by atoms with Crippen molar-refractivity contribution in [3.63, 3.8) is 0 Å². The highest BCUT2D eigenvalue weighted by Crippen LogP contribution is 2.27. The minimum atomic E-state index is 0.774. The molecule has 4 rings (SSSR count). The number of rotatable bonds is 7. The van der Waals surface area contributed by atoms with Crippen molar-refractivity contribution in [3.05, 3.63) is 78.1 Å². The summed E-state index contributed by atoms with van der Waals surface area (Å²) < 4.78 is 5.26. The van der Waals surface area contributed by atoms with Crippen LogP contribution in [0, 0.1) is 0 Å². The molecule has 0 saturated heterocycles. The second kappa shape index (κ2) is 8.50. The molecule has 0 amide bonds. The number of thioether (sulfide) groups is 2. The van der Waals surface area contributed by atoms with Crippen LogP contribution in [0.15, 0.2) is 76.9 Å². The zero-order valence-corrected chi connectivity index (χ0v) is 16.5. The maximum Gasteiger partial charge on any atom is 0.166 e. The summed E-state index contributed by atoms with van der Waals surface area (Å²) >= 11 is 3.49. The molecule has 0 aliphatic rings. The third-order valence-electron chi connectivity index (χ3n) is 4.06. The predicted octanol–water partition coefficient (Wildman–Crippen LogP) is 5.55. The first kappa shape index (κ1) is 17.9. The Balaban J connectivity index is 1.39. The van der Waals surface area contributed by atoms with Gasteiger partial charge in [-0.15, -0.1) is 11.8 Å². The molecule has 27 heavy (non-hydrogen) atoms. The molecule has 0 radical (unpaired) electrons. The molecule has 4 aromatic rings. The van der Waals surface area contributed by atoms with Crippen LogP contribution >= 0.6 is 23.5 Å². The van der Waals surface area contributed by atoms with E-state index in [1.165, 1.54) is 10.5 Å². The van der Waals surface area contributed by atoms with Crippen molar-refractivity contribution in [2.75, 3.05) is 7.11 Å². The fourth-order valence-electron chi connectivity index (χ4n) is 2.67. The highest BCUT2D eigenvalue weighted by molar-refractivity contribution is 7.98. The van der Waals surface area contributed by atoms with E-state index in [4.69, 9.17) is 4.74 Å². The van der Waals surface area contributed by atoms with Gasteiger partial charge >= 0.3 is 0 Å². The number of pyridine rings is 1. The molecule has 2 aromatic heterocycles. The lowest BCUT2D eigenvalue weighted by Gasteiger charge is -2.04. The Hall–Kier alpha value is -2.44. The summed E-state index contributed by atoms with van der Waals surface area (Å²) in [6.07, 6.45) is 1.88. The Bertz CT molecular complexity index is 1030. The number of nitrogens with zero attached hydrogens (tertiary/aromatic N) is 2. The third-order valence-corrected chi connectivity index (χ3v) is 6.03. The number of benzene rings is 2. The molecule has 0 bridgehead atoms. The van der Waals surface area contributed by atoms with Gasteiger partial charge in [0.2, 0.25) is 0 Å². The molecule has 6 heteroatoms. The van der Waals surface area contributed by atoms with E-state index in [0.29, 0.717) is 0 Å². The smallest absolute Gasteiger partial charge is 0.166 e. The number of aromatic amines is 1. The molecule has 136 valence electrons. The van der Waals surface area contributed by atoms with Crippen LogP contribution in [0.25, 0.3) is 11.0 Å². The maximum atomic E-state index is 5.26. The van der Waals surface area contributed by atoms with Gasteiger partial charge in [0.05, 0.1) is 23.8 Å². The molecular formula is C21H19N3OS2. The molecule has 1 N–H and O–H groups in total. The number of imidazole rings is 1. The van der Waals surface area contributed by atoms with Gasteiger partial charge in [0.1, 0.15) is 5.75 Å². The molecule has 0 atom stereocenters. The molecule has 0 unspecified atom stereocenters. The zero-order chi connectivity index (χ0) is 18.5. The summed E-state index contributed by atoms with van der Waals surface area (Å²) in [6.45, 7) is 0. The van der Waals surface area contributed by atoms with Gasteiger partial charge in [-0.1, -0.05) is 42.1 Å². The van der Waals surface area contributed by atoms with Gasteiger partial charge in [-0.2, -0.15) is 0 Å². The number of nitrogens with one attached hydrogen (secondary N) is 1. The number of ether oxygens (including phenoxy) is 1. The normalized spacial score (nSPS) is 11.0. The molecular weight excluding hydrogens is 374 g/mol. The van der Waals surface area contributed by atoms with Crippen LogP contribution in [-0.4, -0.2) is 22.1 Å². The van der Waals surface area contributed by atoms with Gasteiger partial charge in [0.25, 0.3) is 0 Å². The lowest BCUT2D eigenvalue weighted by Crippen LogP contribution is -1.88. The van der Waals surface area contributed by atoms with Crippen LogP contribution in [0.1, 0.15) is 11.3 Å². The molecule has 4 nitrogen and oxygen atoms in total. The summed E-state index contributed by atoms with van der Waals surface area (Å²) in [5, 5.41) is 0.891. The van der Waals surface area contributed by atoms with Gasteiger partial charge in [-0.05, 0) is 29.8 Å². The monoisotopic (exact) mass is 393 g/mol. The summed E-state index contributed by atoms with van der Waals surface area (Å²) in [5.74, 6) is 2.55. The summed E-state index contributed by atoms with van der Waals surface area (Å²) in [5.41, 5.74) is 4.31. The van der Waals surface area contributed by atoms with Crippen LogP contribution in [0.2, 0.25) is 0 Å². The summed E-state index contributed by atoms with van der Waals surface area (Å²) in [4.78, 5) is 13.7. The fourth-order valence-corrected chi connectivity index (χ4v) is 4.36. The number of hydrogen-bond donors (Lipinski definition) is 1. The van der Waals surface area contributed by atoms with Gasteiger partial charge < -0.3 is 9.72 Å². The van der Waals surface area contributed by atoms with Crippen molar-refractivity contribution in [2.24, 2.45) is 0 Å². The Morgan fingerprint density at radius 2 is 1.85 bits per heavy atom. The van der Waals surface area contributed by atoms with Crippen LogP contribution in [0.3, 0.4) is 0 Å². The predicted molar refractivity (Wildman–Crippen MR) is 112 cm³/mol. The Kier molecular flexibility index (Phi) is 5.65. The fraction of sp³-hybridized carbons (Fsp3) is 0.143. The second-order valence-corrected chi connectivity index (χ2v) is 7.98. The first-order valence-corrected chi connectivity index (χ1v) is 10.6. The molecule has 0 spiro atoms. The van der Waals surface area contributed by atoms with Crippen molar-refractivity contribution in [1.82, 2.24) is 15.0 Å². The minimum absolute atomic E-state index is 0.774. The number of fused-ring (bicyclic) bond motifs is 1. The first-order valence-electron chi connectivity index (χ1n) is 8.58. The van der Waals surface area contributed by atoms with E-state index >= 15 is 0 Å². The molecule has 0 aliphatic heterocycles. The Labute approximate surface area is 166 Å². The molecule has 0 saturated carbocycles. The first-order chi connectivity index (χ1) is 13.3. The van der Waals surface area contributed by atoms with E-state index in [1.54, 1.807) is 18.9 Å². The van der Waals surface area contributed by atoms with Crippen molar-refractivity contribution in [2.45, 2.75) is 21.6 Å². The van der Waals surface area contributed by atoms with E-state index in [-0.39, 0.29) is 0 Å². The van der Waals surface area contributed by atoms with E-state index in [9.17, 15) is 0 Å². The number of aromatic nitrogens is 3. The van der Waals surface area contributed by atoms with E-state index in [1.807, 2.05) is 42.2 Å². The molecule has 0 aliphatic carbocycles. The average Bonchev–Trinajstić information content (AvgIpc) is 3.14. The largest absolute Gasteiger partial charge is 0.497 e. The van der Waals surface area contributed by atoms with Crippen LogP contribution < -0.4 is 4.74 Å². The van der Waals surface area contributed by atoms with Gasteiger partial charge in [-0.3, -0.25) is 4.98 Å². The Morgan fingerprint density at radius 3 is 2.70 bits per heavy atom. The van der Waals surface area contributed by atoms with Crippen molar-refractivity contribution in [1.29, 1.82) is 0 Å². The number of H-pyrrole nitrogens is 1. The van der Waals surface area contributed by atoms with E-state index in [2.05, 4.69) is 51.4 Å². The summed E-state index contributed by atoms with van der Waals surface area (Å²) in [6, 6.07) is 20.6. The average molecular weight is 394 g/mol. The zero-order valence-electron chi connectivity index (χ0n) is 14.9. The second-order valence-electron chi connectivity index (χ2n) is 5.97. The summed E-state index contributed by atoms with van der Waals surface area (Å²) in [7, 11) is 1.66. The highest BCUT2D eigenvalue weighted by Gasteiger charge is 2.06. The van der Waals surface area contributed by atoms with Crippen LogP contribution in [0.5, 0.6) is 5.75 Å². The van der Waals surface area contributed by atoms with E-state index < -0.39 is 0 Å². The SMILES string of the molecule is COc1ccc2[nH]c(SCc3cc(SCc4ccccc4)ccn3)nc2c1. The molecule has 2 heterocycles. The van der Waals surface area contributed by atoms with Crippen molar-refractivity contribution in [3.8, 4) is 5.75 Å². The highest BCUT2D eigenvalue weighted by atomic mass is 32.2. The molecule has 2 aromatic carbocycles. The maximum absolute atomic E-state index is 5.26.